The van der Waals surface area contributed by atoms with Crippen LogP contribution in [0.3, 0.4) is 0 Å². The molecule has 0 fully saturated rings. The fourth-order valence-corrected chi connectivity index (χ4v) is 9.46. The van der Waals surface area contributed by atoms with Crippen molar-refractivity contribution < 1.29 is 0 Å². The van der Waals surface area contributed by atoms with E-state index in [-0.39, 0.29) is 0 Å². The molecule has 5 nitrogen and oxygen atoms in total. The number of para-hydroxylation sites is 3. The number of nitrogens with zero attached hydrogens (tertiary/aromatic N) is 5. The van der Waals surface area contributed by atoms with Crippen molar-refractivity contribution in [3.8, 4) is 45.5 Å². The van der Waals surface area contributed by atoms with Gasteiger partial charge in [0.15, 0.2) is 17.5 Å². The van der Waals surface area contributed by atoms with Crippen LogP contribution in [0.5, 0.6) is 0 Å². The van der Waals surface area contributed by atoms with Gasteiger partial charge in [-0.1, -0.05) is 127 Å². The third-order valence-corrected chi connectivity index (χ3v) is 12.0. The Balaban J connectivity index is 1.05. The average Bonchev–Trinajstić information content (AvgIpc) is 3.77. The third kappa shape index (κ3) is 4.65. The van der Waals surface area contributed by atoms with Crippen LogP contribution in [-0.4, -0.2) is 24.1 Å². The first-order valence-corrected chi connectivity index (χ1v) is 19.3. The summed E-state index contributed by atoms with van der Waals surface area (Å²) in [5, 5.41) is 8.44. The van der Waals surface area contributed by atoms with Crippen LogP contribution in [0, 0.1) is 0 Å². The van der Waals surface area contributed by atoms with Crippen molar-refractivity contribution in [1.82, 2.24) is 24.1 Å². The van der Waals surface area contributed by atoms with Gasteiger partial charge in [0, 0.05) is 48.3 Å². The lowest BCUT2D eigenvalue weighted by atomic mass is 10.1. The van der Waals surface area contributed by atoms with Gasteiger partial charge < -0.3 is 0 Å². The summed E-state index contributed by atoms with van der Waals surface area (Å²) in [4.78, 5) is 17.9. The fraction of sp³-hybridized carbons (Fsp3) is 0. The van der Waals surface area contributed by atoms with E-state index < -0.39 is 0 Å². The maximum absolute atomic E-state index is 5.12. The molecule has 0 unspecified atom stereocenters. The van der Waals surface area contributed by atoms with Gasteiger partial charge in [-0.2, -0.15) is 0 Å². The lowest BCUT2D eigenvalue weighted by Crippen LogP contribution is -2.05. The smallest absolute Gasteiger partial charge is 0.164 e. The molecule has 4 heterocycles. The average molecular weight is 720 g/mol. The first-order chi connectivity index (χ1) is 27.2. The van der Waals surface area contributed by atoms with Crippen molar-refractivity contribution in [2.24, 2.45) is 0 Å². The molecule has 0 atom stereocenters. The number of rotatable bonds is 4. The van der Waals surface area contributed by atoms with Crippen LogP contribution in [0.2, 0.25) is 0 Å². The van der Waals surface area contributed by atoms with Crippen LogP contribution >= 0.6 is 11.8 Å². The number of benzene rings is 8. The minimum absolute atomic E-state index is 0.634. The Morgan fingerprint density at radius 1 is 0.400 bits per heavy atom. The van der Waals surface area contributed by atoms with Crippen molar-refractivity contribution in [2.45, 2.75) is 9.79 Å². The van der Waals surface area contributed by atoms with Crippen LogP contribution < -0.4 is 0 Å². The lowest BCUT2D eigenvalue weighted by molar-refractivity contribution is 1.03. The Hall–Kier alpha value is -7.02. The summed E-state index contributed by atoms with van der Waals surface area (Å²) >= 11 is 1.85. The van der Waals surface area contributed by atoms with Crippen molar-refractivity contribution >= 4 is 66.1 Å². The molecule has 8 aromatic carbocycles. The summed E-state index contributed by atoms with van der Waals surface area (Å²) < 4.78 is 4.89. The van der Waals surface area contributed by atoms with E-state index in [0.717, 1.165) is 33.2 Å². The minimum atomic E-state index is 0.634. The second kappa shape index (κ2) is 11.7. The topological polar surface area (TPSA) is 48.5 Å². The normalized spacial score (nSPS) is 12.3. The maximum atomic E-state index is 5.12. The Morgan fingerprint density at radius 3 is 1.65 bits per heavy atom. The molecule has 1 aliphatic heterocycles. The van der Waals surface area contributed by atoms with Gasteiger partial charge in [-0.3, -0.25) is 9.13 Å². The van der Waals surface area contributed by atoms with E-state index >= 15 is 0 Å². The summed E-state index contributed by atoms with van der Waals surface area (Å²) in [5.41, 5.74) is 8.72. The van der Waals surface area contributed by atoms with Gasteiger partial charge in [0.25, 0.3) is 0 Å². The number of fused-ring (bicyclic) bond motifs is 9. The molecule has 0 saturated carbocycles. The first kappa shape index (κ1) is 30.4. The first-order valence-electron chi connectivity index (χ1n) is 18.4. The number of hydrogen-bond donors (Lipinski definition) is 0. The van der Waals surface area contributed by atoms with Crippen LogP contribution in [0.25, 0.3) is 99.9 Å². The predicted molar refractivity (Wildman–Crippen MR) is 226 cm³/mol. The summed E-state index contributed by atoms with van der Waals surface area (Å²) in [6, 6.07) is 62.5. The third-order valence-electron chi connectivity index (χ3n) is 10.9. The summed E-state index contributed by atoms with van der Waals surface area (Å²) in [6.07, 6.45) is 0. The molecule has 0 bridgehead atoms. The van der Waals surface area contributed by atoms with Crippen molar-refractivity contribution in [3.05, 3.63) is 176 Å². The molecule has 0 spiro atoms. The molecule has 0 aliphatic carbocycles. The quantitative estimate of drug-likeness (QED) is 0.182. The summed E-state index contributed by atoms with van der Waals surface area (Å²) in [7, 11) is 0. The van der Waals surface area contributed by atoms with E-state index in [0.29, 0.717) is 17.5 Å². The molecule has 55 heavy (non-hydrogen) atoms. The van der Waals surface area contributed by atoms with Gasteiger partial charge in [0.1, 0.15) is 5.65 Å². The highest BCUT2D eigenvalue weighted by atomic mass is 32.2. The van der Waals surface area contributed by atoms with Crippen molar-refractivity contribution in [1.29, 1.82) is 0 Å². The van der Waals surface area contributed by atoms with Gasteiger partial charge in [-0.05, 0) is 82.2 Å². The zero-order valence-electron chi connectivity index (χ0n) is 29.4. The molecule has 6 heteroatoms. The molecular weight excluding hydrogens is 691 g/mol. The summed E-state index contributed by atoms with van der Waals surface area (Å²) in [6.45, 7) is 0. The molecular formula is C49H29N5S. The van der Waals surface area contributed by atoms with E-state index in [1.54, 1.807) is 0 Å². The van der Waals surface area contributed by atoms with Crippen LogP contribution in [-0.2, 0) is 0 Å². The van der Waals surface area contributed by atoms with Crippen molar-refractivity contribution in [3.63, 3.8) is 0 Å². The largest absolute Gasteiger partial charge is 0.295 e. The molecule has 12 rings (SSSR count). The standard InChI is InChI=1S/C49H29N5S/c1-3-12-33-28-35(22-20-30(33)10-1)47-50-46(51-48(52-47)36-23-21-31-11-2-4-13-34(31)29-36)32-24-26-37(27-25-32)53-40-16-6-5-14-38(40)44-39-15-9-19-43-45(39)54(49(44)53)41-17-7-8-18-42(41)55-43/h1-29H. The molecule has 1 aliphatic rings. The van der Waals surface area contributed by atoms with Gasteiger partial charge in [-0.25, -0.2) is 15.0 Å². The predicted octanol–water partition coefficient (Wildman–Crippen LogP) is 12.7. The minimum Gasteiger partial charge on any atom is -0.295 e. The second-order valence-electron chi connectivity index (χ2n) is 14.1. The van der Waals surface area contributed by atoms with E-state index in [1.165, 1.54) is 59.1 Å². The monoisotopic (exact) mass is 719 g/mol. The molecule has 0 N–H and O–H groups in total. The highest BCUT2D eigenvalue weighted by Gasteiger charge is 2.27. The maximum Gasteiger partial charge on any atom is 0.164 e. The molecule has 256 valence electrons. The molecule has 0 amide bonds. The number of hydrogen-bond acceptors (Lipinski definition) is 4. The Labute approximate surface area is 320 Å². The Kier molecular flexibility index (Phi) is 6.50. The zero-order chi connectivity index (χ0) is 36.0. The van der Waals surface area contributed by atoms with E-state index in [9.17, 15) is 0 Å². The SMILES string of the molecule is c1ccc2c(c1)Sc1cccc3c4c5ccccc5n(-c5ccc(-c6nc(-c7ccc8ccccc8c7)nc(-c7ccc8ccccc8c7)n6)cc5)c4n-2c13. The van der Waals surface area contributed by atoms with E-state index in [4.69, 9.17) is 15.0 Å². The second-order valence-corrected chi connectivity index (χ2v) is 15.2. The molecule has 0 saturated heterocycles. The van der Waals surface area contributed by atoms with Gasteiger partial charge in [0.05, 0.1) is 16.7 Å². The van der Waals surface area contributed by atoms with Gasteiger partial charge in [-0.15, -0.1) is 0 Å². The van der Waals surface area contributed by atoms with Gasteiger partial charge >= 0.3 is 0 Å². The van der Waals surface area contributed by atoms with Crippen molar-refractivity contribution in [2.75, 3.05) is 0 Å². The molecule has 11 aromatic rings. The van der Waals surface area contributed by atoms with Gasteiger partial charge in [0.2, 0.25) is 0 Å². The van der Waals surface area contributed by atoms with E-state index in [2.05, 4.69) is 185 Å². The number of aromatic nitrogens is 5. The van der Waals surface area contributed by atoms with Crippen LogP contribution in [0.1, 0.15) is 0 Å². The summed E-state index contributed by atoms with van der Waals surface area (Å²) in [5.74, 6) is 1.93. The molecule has 0 radical (unpaired) electrons. The molecule has 3 aromatic heterocycles. The van der Waals surface area contributed by atoms with Crippen LogP contribution in [0.4, 0.5) is 0 Å². The highest BCUT2D eigenvalue weighted by molar-refractivity contribution is 7.99. The Morgan fingerprint density at radius 2 is 0.945 bits per heavy atom. The highest BCUT2D eigenvalue weighted by Crippen LogP contribution is 2.49. The fourth-order valence-electron chi connectivity index (χ4n) is 8.37. The van der Waals surface area contributed by atoms with E-state index in [1.807, 2.05) is 11.8 Å². The van der Waals surface area contributed by atoms with Crippen LogP contribution in [0.15, 0.2) is 186 Å². The zero-order valence-corrected chi connectivity index (χ0v) is 30.2. The Bertz CT molecular complexity index is 3260. The lowest BCUT2D eigenvalue weighted by Gasteiger charge is -2.21.